The predicted octanol–water partition coefficient (Wildman–Crippen LogP) is 2.09. The fourth-order valence-corrected chi connectivity index (χ4v) is 1.75. The Morgan fingerprint density at radius 3 is 2.61 bits per heavy atom. The first-order valence-corrected chi connectivity index (χ1v) is 6.75. The fourth-order valence-electron chi connectivity index (χ4n) is 1.75. The fraction of sp³-hybridized carbons (Fsp3) is 0.125. The van der Waals surface area contributed by atoms with Gasteiger partial charge in [-0.25, -0.2) is 0 Å². The first kappa shape index (κ1) is 16.0. The molecule has 23 heavy (non-hydrogen) atoms. The molecule has 0 fully saturated rings. The van der Waals surface area contributed by atoms with Gasteiger partial charge in [-0.3, -0.25) is 14.6 Å². The van der Waals surface area contributed by atoms with E-state index in [1.807, 2.05) is 0 Å². The third-order valence-electron chi connectivity index (χ3n) is 2.80. The summed E-state index contributed by atoms with van der Waals surface area (Å²) in [6.45, 7) is 0. The zero-order valence-electron chi connectivity index (χ0n) is 12.4. The molecule has 2 aromatic rings. The van der Waals surface area contributed by atoms with E-state index in [2.05, 4.69) is 15.6 Å². The summed E-state index contributed by atoms with van der Waals surface area (Å²) in [7, 11) is 1.52. The van der Waals surface area contributed by atoms with Gasteiger partial charge in [0.1, 0.15) is 23.6 Å². The average Bonchev–Trinajstić information content (AvgIpc) is 2.56. The molecule has 7 nitrogen and oxygen atoms in total. The van der Waals surface area contributed by atoms with Crippen LogP contribution in [0.3, 0.4) is 0 Å². The summed E-state index contributed by atoms with van der Waals surface area (Å²) >= 11 is 0. The van der Waals surface area contributed by atoms with Crippen LogP contribution in [0.2, 0.25) is 0 Å². The Hall–Kier alpha value is -3.40. The summed E-state index contributed by atoms with van der Waals surface area (Å²) in [5.74, 6) is 0.341. The minimum absolute atomic E-state index is 0.197. The smallest absolute Gasteiger partial charge is 0.269 e. The number of amides is 2. The maximum absolute atomic E-state index is 11.5. The number of carbonyl (C=O) groups excluding carboxylic acids is 2. The molecule has 0 aliphatic heterocycles. The van der Waals surface area contributed by atoms with E-state index in [-0.39, 0.29) is 23.9 Å². The molecule has 1 aromatic carbocycles. The summed E-state index contributed by atoms with van der Waals surface area (Å²) < 4.78 is 5.64. The molecule has 2 amide bonds. The van der Waals surface area contributed by atoms with Crippen molar-refractivity contribution in [2.75, 3.05) is 12.4 Å². The van der Waals surface area contributed by atoms with Gasteiger partial charge in [0.25, 0.3) is 5.91 Å². The highest BCUT2D eigenvalue weighted by molar-refractivity contribution is 5.92. The first-order chi connectivity index (χ1) is 11.1. The van der Waals surface area contributed by atoms with Crippen molar-refractivity contribution in [1.29, 1.82) is 5.26 Å². The van der Waals surface area contributed by atoms with E-state index in [9.17, 15) is 9.59 Å². The summed E-state index contributed by atoms with van der Waals surface area (Å²) in [6, 6.07) is 11.6. The van der Waals surface area contributed by atoms with Crippen LogP contribution in [0.25, 0.3) is 0 Å². The summed E-state index contributed by atoms with van der Waals surface area (Å²) in [5.41, 5.74) is 0.823. The number of nitrogens with zero attached hydrogens (tertiary/aromatic N) is 2. The Labute approximate surface area is 132 Å². The molecule has 0 radical (unpaired) electrons. The van der Waals surface area contributed by atoms with Crippen molar-refractivity contribution >= 4 is 17.5 Å². The Balaban J connectivity index is 2.05. The highest BCUT2D eigenvalue weighted by Crippen LogP contribution is 2.23. The monoisotopic (exact) mass is 310 g/mol. The molecule has 0 saturated carbocycles. The van der Waals surface area contributed by atoms with Crippen molar-refractivity contribution < 1.29 is 14.3 Å². The largest absolute Gasteiger partial charge is 0.457 e. The lowest BCUT2D eigenvalue weighted by Gasteiger charge is -2.08. The highest BCUT2D eigenvalue weighted by Gasteiger charge is 2.07. The molecule has 0 spiro atoms. The van der Waals surface area contributed by atoms with Gasteiger partial charge in [-0.2, -0.15) is 5.26 Å². The van der Waals surface area contributed by atoms with Gasteiger partial charge in [0.15, 0.2) is 0 Å². The van der Waals surface area contributed by atoms with E-state index in [1.54, 1.807) is 36.4 Å². The van der Waals surface area contributed by atoms with Gasteiger partial charge in [0.05, 0.1) is 6.07 Å². The molecule has 116 valence electrons. The van der Waals surface area contributed by atoms with Crippen LogP contribution in [-0.2, 0) is 4.79 Å². The molecule has 1 aromatic heterocycles. The minimum Gasteiger partial charge on any atom is -0.457 e. The third-order valence-corrected chi connectivity index (χ3v) is 2.80. The number of rotatable bonds is 5. The molecular formula is C16H14N4O3. The summed E-state index contributed by atoms with van der Waals surface area (Å²) in [4.78, 5) is 26.8. The van der Waals surface area contributed by atoms with Gasteiger partial charge in [0.2, 0.25) is 5.91 Å². The Morgan fingerprint density at radius 2 is 1.96 bits per heavy atom. The van der Waals surface area contributed by atoms with Crippen molar-refractivity contribution in [3.63, 3.8) is 0 Å². The van der Waals surface area contributed by atoms with Crippen molar-refractivity contribution in [2.24, 2.45) is 0 Å². The van der Waals surface area contributed by atoms with Gasteiger partial charge in [0, 0.05) is 25.0 Å². The van der Waals surface area contributed by atoms with E-state index in [4.69, 9.17) is 10.00 Å². The zero-order valence-corrected chi connectivity index (χ0v) is 12.4. The predicted molar refractivity (Wildman–Crippen MR) is 83.0 cm³/mol. The highest BCUT2D eigenvalue weighted by atomic mass is 16.5. The van der Waals surface area contributed by atoms with Crippen molar-refractivity contribution in [1.82, 2.24) is 10.3 Å². The molecule has 0 aliphatic rings. The average molecular weight is 310 g/mol. The Bertz CT molecular complexity index is 751. The van der Waals surface area contributed by atoms with Gasteiger partial charge < -0.3 is 15.4 Å². The number of nitriles is 1. The molecule has 0 bridgehead atoms. The number of benzene rings is 1. The summed E-state index contributed by atoms with van der Waals surface area (Å²) in [5, 5.41) is 13.5. The second kappa shape index (κ2) is 7.56. The maximum Gasteiger partial charge on any atom is 0.269 e. The van der Waals surface area contributed by atoms with Gasteiger partial charge in [-0.1, -0.05) is 0 Å². The van der Waals surface area contributed by atoms with Gasteiger partial charge in [-0.15, -0.1) is 0 Å². The van der Waals surface area contributed by atoms with Gasteiger partial charge in [-0.05, 0) is 30.3 Å². The second-order valence-electron chi connectivity index (χ2n) is 4.47. The van der Waals surface area contributed by atoms with Crippen molar-refractivity contribution in [2.45, 2.75) is 6.42 Å². The number of carbonyl (C=O) groups is 2. The molecule has 2 N–H and O–H groups in total. The quantitative estimate of drug-likeness (QED) is 0.880. The number of hydrogen-bond donors (Lipinski definition) is 2. The van der Waals surface area contributed by atoms with Gasteiger partial charge >= 0.3 is 0 Å². The molecule has 2 rings (SSSR count). The Kier molecular flexibility index (Phi) is 5.25. The lowest BCUT2D eigenvalue weighted by molar-refractivity contribution is -0.115. The minimum atomic E-state index is -0.370. The maximum atomic E-state index is 11.5. The number of pyridine rings is 1. The number of nitrogens with one attached hydrogen (secondary N) is 2. The number of anilines is 1. The van der Waals surface area contributed by atoms with Crippen LogP contribution >= 0.6 is 0 Å². The van der Waals surface area contributed by atoms with Crippen LogP contribution in [0.5, 0.6) is 11.5 Å². The van der Waals surface area contributed by atoms with Crippen LogP contribution in [0.1, 0.15) is 16.9 Å². The lowest BCUT2D eigenvalue weighted by atomic mass is 10.3. The SMILES string of the molecule is CNC(=O)c1cc(Oc2ccc(NC(=O)CC#N)cc2)ccn1. The molecule has 0 unspecified atom stereocenters. The third kappa shape index (κ3) is 4.54. The lowest BCUT2D eigenvalue weighted by Crippen LogP contribution is -2.18. The number of hydrogen-bond acceptors (Lipinski definition) is 5. The Morgan fingerprint density at radius 1 is 1.22 bits per heavy atom. The second-order valence-corrected chi connectivity index (χ2v) is 4.47. The van der Waals surface area contributed by atoms with E-state index in [1.165, 1.54) is 19.3 Å². The number of ether oxygens (including phenoxy) is 1. The summed E-state index contributed by atoms with van der Waals surface area (Å²) in [6.07, 6.45) is 1.29. The molecule has 0 aliphatic carbocycles. The number of aromatic nitrogens is 1. The van der Waals surface area contributed by atoms with E-state index < -0.39 is 0 Å². The normalized spacial score (nSPS) is 9.57. The van der Waals surface area contributed by atoms with E-state index >= 15 is 0 Å². The molecule has 0 saturated heterocycles. The van der Waals surface area contributed by atoms with E-state index in [0.29, 0.717) is 17.2 Å². The van der Waals surface area contributed by atoms with Crippen LogP contribution in [0.4, 0.5) is 5.69 Å². The molecule has 7 heteroatoms. The standard InChI is InChI=1S/C16H14N4O3/c1-18-16(22)14-10-13(7-9-19-14)23-12-4-2-11(3-5-12)20-15(21)6-8-17/h2-5,7,9-10H,6H2,1H3,(H,18,22)(H,20,21). The van der Waals surface area contributed by atoms with Crippen molar-refractivity contribution in [3.05, 3.63) is 48.3 Å². The van der Waals surface area contributed by atoms with Crippen LogP contribution in [0.15, 0.2) is 42.6 Å². The van der Waals surface area contributed by atoms with Crippen LogP contribution in [0, 0.1) is 11.3 Å². The molecular weight excluding hydrogens is 296 g/mol. The van der Waals surface area contributed by atoms with Crippen molar-refractivity contribution in [3.8, 4) is 17.6 Å². The van der Waals surface area contributed by atoms with Crippen LogP contribution in [-0.4, -0.2) is 23.8 Å². The van der Waals surface area contributed by atoms with E-state index in [0.717, 1.165) is 0 Å². The topological polar surface area (TPSA) is 104 Å². The first-order valence-electron chi connectivity index (χ1n) is 6.75. The van der Waals surface area contributed by atoms with Crippen LogP contribution < -0.4 is 15.4 Å². The molecule has 0 atom stereocenters. The molecule has 1 heterocycles. The zero-order chi connectivity index (χ0) is 16.7.